The van der Waals surface area contributed by atoms with Crippen molar-refractivity contribution in [3.63, 3.8) is 0 Å². The van der Waals surface area contributed by atoms with E-state index in [4.69, 9.17) is 13.9 Å². The molecule has 1 N–H and O–H groups in total. The minimum absolute atomic E-state index is 0.0386. The molecule has 0 aromatic carbocycles. The summed E-state index contributed by atoms with van der Waals surface area (Å²) >= 11 is -2.81. The summed E-state index contributed by atoms with van der Waals surface area (Å²) in [4.78, 5) is 0. The first-order valence-corrected chi connectivity index (χ1v) is 28.0. The van der Waals surface area contributed by atoms with Crippen molar-refractivity contribution < 1.29 is 19.0 Å². The molecule has 0 aromatic rings. The number of hydrogen-bond acceptors (Lipinski definition) is 4. The summed E-state index contributed by atoms with van der Waals surface area (Å²) in [6.07, 6.45) is 13.7. The van der Waals surface area contributed by atoms with Crippen LogP contribution in [0.25, 0.3) is 0 Å². The van der Waals surface area contributed by atoms with Crippen molar-refractivity contribution >= 4 is 26.7 Å². The number of methoxy groups -OCH3 is 1. The molecule has 4 nitrogen and oxygen atoms in total. The van der Waals surface area contributed by atoms with Gasteiger partial charge in [0.25, 0.3) is 0 Å². The second-order valence-electron chi connectivity index (χ2n) is 15.3. The number of allylic oxidation sites excluding steroid dienone is 2. The Bertz CT molecular complexity index is 853. The summed E-state index contributed by atoms with van der Waals surface area (Å²) in [6, 6.07) is 0. The molecule has 1 aliphatic carbocycles. The zero-order valence-corrected chi connectivity index (χ0v) is 34.5. The van der Waals surface area contributed by atoms with Gasteiger partial charge >= 0.3 is 275 Å². The van der Waals surface area contributed by atoms with Crippen LogP contribution in [0, 0.1) is 17.8 Å². The molecule has 0 radical (unpaired) electrons. The van der Waals surface area contributed by atoms with Crippen molar-refractivity contribution in [2.45, 2.75) is 157 Å². The van der Waals surface area contributed by atoms with E-state index in [0.717, 1.165) is 19.4 Å². The van der Waals surface area contributed by atoms with Crippen LogP contribution >= 0.6 is 0 Å². The second-order valence-corrected chi connectivity index (χ2v) is 33.5. The SMILES string of the molecule is C=C(C)[C@@H]1CC(C)=C[C@@H](OCOC)C1C(C)[C@@H](O)/C=[C](\CCO[Si](C)(C)C(C)(C)C)[Sn]([CH2]CCC)([CH2]CCC)[CH2]CCC. The Balaban J connectivity index is 3.62. The molecule has 252 valence electrons. The van der Waals surface area contributed by atoms with Crippen molar-refractivity contribution in [1.29, 1.82) is 0 Å². The van der Waals surface area contributed by atoms with Gasteiger partial charge in [-0.3, -0.25) is 0 Å². The van der Waals surface area contributed by atoms with Gasteiger partial charge in [0.15, 0.2) is 0 Å². The third-order valence-corrected chi connectivity index (χ3v) is 31.6. The van der Waals surface area contributed by atoms with Gasteiger partial charge in [-0.25, -0.2) is 0 Å². The normalized spacial score (nSPS) is 21.9. The van der Waals surface area contributed by atoms with Crippen LogP contribution in [-0.4, -0.2) is 64.5 Å². The molecule has 1 aliphatic rings. The first kappa shape index (κ1) is 41.1. The van der Waals surface area contributed by atoms with Gasteiger partial charge in [-0.15, -0.1) is 0 Å². The molecular formula is C37H72O4SiSn. The minimum atomic E-state index is -2.81. The second kappa shape index (κ2) is 19.7. The molecule has 0 spiro atoms. The fraction of sp³-hybridized carbons (Fsp3) is 0.838. The Morgan fingerprint density at radius 2 is 1.63 bits per heavy atom. The zero-order valence-electron chi connectivity index (χ0n) is 30.6. The van der Waals surface area contributed by atoms with E-state index >= 15 is 0 Å². The number of aliphatic hydroxyl groups excluding tert-OH is 1. The molecule has 6 heteroatoms. The first-order valence-electron chi connectivity index (χ1n) is 17.6. The van der Waals surface area contributed by atoms with Gasteiger partial charge in [-0.2, -0.15) is 0 Å². The van der Waals surface area contributed by atoms with Crippen LogP contribution in [-0.2, 0) is 13.9 Å². The molecule has 43 heavy (non-hydrogen) atoms. The summed E-state index contributed by atoms with van der Waals surface area (Å²) in [5.41, 5.74) is 2.51. The summed E-state index contributed by atoms with van der Waals surface area (Å²) in [5.74, 6) is 0.472. The maximum atomic E-state index is 12.2. The van der Waals surface area contributed by atoms with E-state index in [1.807, 2.05) is 0 Å². The third-order valence-electron chi connectivity index (χ3n) is 10.7. The number of rotatable bonds is 21. The summed E-state index contributed by atoms with van der Waals surface area (Å²) in [5, 5.41) is 12.4. The fourth-order valence-corrected chi connectivity index (χ4v) is 24.9. The fourth-order valence-electron chi connectivity index (χ4n) is 6.79. The van der Waals surface area contributed by atoms with Crippen LogP contribution in [0.1, 0.15) is 114 Å². The van der Waals surface area contributed by atoms with Crippen molar-refractivity contribution in [2.75, 3.05) is 20.5 Å². The van der Waals surface area contributed by atoms with Crippen molar-refractivity contribution in [1.82, 2.24) is 0 Å². The van der Waals surface area contributed by atoms with E-state index in [9.17, 15) is 5.11 Å². The molecule has 1 rings (SSSR count). The van der Waals surface area contributed by atoms with E-state index in [2.05, 4.69) is 94.1 Å². The van der Waals surface area contributed by atoms with Gasteiger partial charge in [-0.05, 0) is 0 Å². The summed E-state index contributed by atoms with van der Waals surface area (Å²) in [7, 11) is -0.177. The van der Waals surface area contributed by atoms with Crippen LogP contribution < -0.4 is 0 Å². The van der Waals surface area contributed by atoms with Crippen LogP contribution in [0.3, 0.4) is 0 Å². The van der Waals surface area contributed by atoms with Crippen LogP contribution in [0.15, 0.2) is 33.5 Å². The first-order chi connectivity index (χ1) is 20.1. The van der Waals surface area contributed by atoms with Crippen molar-refractivity contribution in [3.8, 4) is 0 Å². The topological polar surface area (TPSA) is 47.9 Å². The number of hydrogen-bond donors (Lipinski definition) is 1. The van der Waals surface area contributed by atoms with Crippen molar-refractivity contribution in [2.24, 2.45) is 17.8 Å². The van der Waals surface area contributed by atoms with Gasteiger partial charge in [-0.1, -0.05) is 0 Å². The molecule has 0 aromatic heterocycles. The molecule has 5 atom stereocenters. The van der Waals surface area contributed by atoms with Crippen LogP contribution in [0.5, 0.6) is 0 Å². The molecule has 0 bridgehead atoms. The molecule has 0 fully saturated rings. The number of aliphatic hydroxyl groups is 1. The van der Waals surface area contributed by atoms with Gasteiger partial charge in [0.2, 0.25) is 0 Å². The third kappa shape index (κ3) is 12.7. The Morgan fingerprint density at radius 1 is 1.09 bits per heavy atom. The molecule has 2 unspecified atom stereocenters. The molecule has 0 aliphatic heterocycles. The van der Waals surface area contributed by atoms with Gasteiger partial charge in [0, 0.05) is 0 Å². The summed E-state index contributed by atoms with van der Waals surface area (Å²) < 4.78 is 24.2. The van der Waals surface area contributed by atoms with Gasteiger partial charge in [0.05, 0.1) is 0 Å². The van der Waals surface area contributed by atoms with Crippen LogP contribution in [0.4, 0.5) is 0 Å². The Kier molecular flexibility index (Phi) is 18.8. The van der Waals surface area contributed by atoms with E-state index in [-0.39, 0.29) is 35.7 Å². The predicted molar refractivity (Wildman–Crippen MR) is 193 cm³/mol. The number of ether oxygens (including phenoxy) is 2. The molecule has 0 saturated carbocycles. The van der Waals surface area contributed by atoms with E-state index in [1.165, 1.54) is 63.0 Å². The van der Waals surface area contributed by atoms with E-state index in [0.29, 0.717) is 0 Å². The van der Waals surface area contributed by atoms with Crippen molar-refractivity contribution in [3.05, 3.63) is 33.5 Å². The van der Waals surface area contributed by atoms with E-state index < -0.39 is 32.8 Å². The molecule has 0 heterocycles. The van der Waals surface area contributed by atoms with Crippen LogP contribution in [0.2, 0.25) is 31.4 Å². The molecule has 0 amide bonds. The monoisotopic (exact) mass is 728 g/mol. The standard InChI is InChI=1S/C25H45O4Si.3C4H9.Sn/c1-18(2)21-15-19(3)16-23(28-17-27-8)24(21)20(4)22(26)13-11-12-14-29-30(9,10)25(5,6)7;3*1-3-4-2;/h13,16,20-24,26H,1,12,14-15,17H2,2-10H3;3*1,3-4H2,2H3;/t20?,21-,22-,23+,24?;;;;/m0..../s1. The molecular weight excluding hydrogens is 655 g/mol. The Morgan fingerprint density at radius 3 is 2.07 bits per heavy atom. The zero-order chi connectivity index (χ0) is 32.8. The maximum absolute atomic E-state index is 12.2. The van der Waals surface area contributed by atoms with Gasteiger partial charge in [0.1, 0.15) is 0 Å². The number of unbranched alkanes of at least 4 members (excludes halogenated alkanes) is 3. The average Bonchev–Trinajstić information content (AvgIpc) is 2.93. The quantitative estimate of drug-likeness (QED) is 0.0727. The Hall–Kier alpha value is 0.0756. The predicted octanol–water partition coefficient (Wildman–Crippen LogP) is 10.9. The van der Waals surface area contributed by atoms with E-state index in [1.54, 1.807) is 10.7 Å². The summed E-state index contributed by atoms with van der Waals surface area (Å²) in [6.45, 7) is 30.7. The molecule has 0 saturated heterocycles. The Labute approximate surface area is 273 Å². The average molecular weight is 728 g/mol. The van der Waals surface area contributed by atoms with Gasteiger partial charge < -0.3 is 0 Å².